The van der Waals surface area contributed by atoms with Gasteiger partial charge in [-0.05, 0) is 36.4 Å². The van der Waals surface area contributed by atoms with Gasteiger partial charge >= 0.3 is 0 Å². The molecule has 27 heavy (non-hydrogen) atoms. The molecule has 0 saturated heterocycles. The van der Waals surface area contributed by atoms with Gasteiger partial charge in [0.1, 0.15) is 23.2 Å². The molecule has 0 aliphatic carbocycles. The van der Waals surface area contributed by atoms with E-state index in [1.165, 1.54) is 18.2 Å². The molecule has 0 aromatic heterocycles. The molecule has 3 aromatic rings. The Kier molecular flexibility index (Phi) is 11.3. The number of hydrogen-bond acceptors (Lipinski definition) is 6. The van der Waals surface area contributed by atoms with Crippen molar-refractivity contribution in [1.29, 1.82) is 0 Å². The highest BCUT2D eigenvalue weighted by atomic mass is 32.2. The van der Waals surface area contributed by atoms with Gasteiger partial charge in [-0.3, -0.25) is 4.55 Å². The molecule has 3 rings (SSSR count). The van der Waals surface area contributed by atoms with E-state index in [-0.39, 0.29) is 10.6 Å². The van der Waals surface area contributed by atoms with Crippen LogP contribution >= 0.6 is 0 Å². The van der Waals surface area contributed by atoms with Crippen molar-refractivity contribution in [1.82, 2.24) is 0 Å². The highest BCUT2D eigenvalue weighted by Crippen LogP contribution is 2.15. The third kappa shape index (κ3) is 11.0. The second-order valence-electron chi connectivity index (χ2n) is 4.68. The number of carbonyl (C=O) groups is 1. The maximum atomic E-state index is 10.5. The van der Waals surface area contributed by atoms with Gasteiger partial charge in [0.05, 0.1) is 5.69 Å². The highest BCUT2D eigenvalue weighted by Gasteiger charge is 2.11. The summed E-state index contributed by atoms with van der Waals surface area (Å²) in [6.45, 7) is 2.00. The molecule has 0 fully saturated rings. The quantitative estimate of drug-likeness (QED) is 0.369. The first-order valence-electron chi connectivity index (χ1n) is 7.39. The number of rotatable bonds is 1. The first-order valence-corrected chi connectivity index (χ1v) is 8.83. The van der Waals surface area contributed by atoms with Crippen LogP contribution in [0.15, 0.2) is 89.8 Å². The summed E-state index contributed by atoms with van der Waals surface area (Å²) in [6.07, 6.45) is 0. The first kappa shape index (κ1) is 23.6. The molecule has 8 heteroatoms. The number of para-hydroxylation sites is 3. The molecule has 7 nitrogen and oxygen atoms in total. The topological polar surface area (TPSA) is 138 Å². The summed E-state index contributed by atoms with van der Waals surface area (Å²) in [6, 6.07) is 23.1. The molecule has 3 aromatic carbocycles. The Morgan fingerprint density at radius 3 is 1.22 bits per heavy atom. The van der Waals surface area contributed by atoms with Crippen LogP contribution in [0, 0.1) is 0 Å². The SMILES string of the molecule is C=O.Nc1ccccc1S(=O)(=O)O.Oc1ccccc1.Oc1ccccc1. The predicted octanol–water partition coefficient (Wildman–Crippen LogP) is 3.12. The Bertz CT molecular complexity index is 833. The van der Waals surface area contributed by atoms with Crippen LogP contribution in [0.5, 0.6) is 11.5 Å². The Balaban J connectivity index is 0.000000371. The number of carbonyl (C=O) groups excluding carboxylic acids is 1. The smallest absolute Gasteiger partial charge is 0.296 e. The molecule has 5 N–H and O–H groups in total. The van der Waals surface area contributed by atoms with Gasteiger partial charge in [0.15, 0.2) is 0 Å². The molecule has 0 saturated carbocycles. The minimum atomic E-state index is -4.16. The van der Waals surface area contributed by atoms with Crippen LogP contribution in [0.4, 0.5) is 5.69 Å². The maximum absolute atomic E-state index is 10.5. The average Bonchev–Trinajstić information content (AvgIpc) is 2.65. The molecular formula is C19H21NO6S. The van der Waals surface area contributed by atoms with Crippen molar-refractivity contribution < 1.29 is 28.0 Å². The zero-order valence-electron chi connectivity index (χ0n) is 14.3. The third-order valence-electron chi connectivity index (χ3n) is 2.71. The monoisotopic (exact) mass is 391 g/mol. The number of benzene rings is 3. The molecular weight excluding hydrogens is 370 g/mol. The minimum Gasteiger partial charge on any atom is -0.508 e. The lowest BCUT2D eigenvalue weighted by atomic mass is 10.3. The Labute approximate surface area is 158 Å². The van der Waals surface area contributed by atoms with Crippen molar-refractivity contribution in [2.75, 3.05) is 5.73 Å². The van der Waals surface area contributed by atoms with Gasteiger partial charge < -0.3 is 20.7 Å². The molecule has 0 aliphatic rings. The summed E-state index contributed by atoms with van der Waals surface area (Å²) in [5, 5.41) is 17.3. The van der Waals surface area contributed by atoms with Crippen LogP contribution < -0.4 is 5.73 Å². The van der Waals surface area contributed by atoms with E-state index in [2.05, 4.69) is 0 Å². The molecule has 144 valence electrons. The predicted molar refractivity (Wildman–Crippen MR) is 104 cm³/mol. The zero-order chi connectivity index (χ0) is 20.7. The van der Waals surface area contributed by atoms with E-state index < -0.39 is 10.1 Å². The van der Waals surface area contributed by atoms with Gasteiger partial charge in [-0.15, -0.1) is 0 Å². The number of nitrogen functional groups attached to an aromatic ring is 1. The minimum absolute atomic E-state index is 0.0509. The van der Waals surface area contributed by atoms with E-state index in [0.29, 0.717) is 11.5 Å². The summed E-state index contributed by atoms with van der Waals surface area (Å²) in [7, 11) is -4.16. The normalized spacial score (nSPS) is 9.22. The number of aromatic hydroxyl groups is 2. The van der Waals surface area contributed by atoms with Gasteiger partial charge in [-0.2, -0.15) is 8.42 Å². The van der Waals surface area contributed by atoms with Crippen molar-refractivity contribution in [2.24, 2.45) is 0 Å². The lowest BCUT2D eigenvalue weighted by Gasteiger charge is -1.98. The highest BCUT2D eigenvalue weighted by molar-refractivity contribution is 7.86. The van der Waals surface area contributed by atoms with Gasteiger partial charge in [-0.25, -0.2) is 0 Å². The van der Waals surface area contributed by atoms with E-state index in [4.69, 9.17) is 25.3 Å². The van der Waals surface area contributed by atoms with E-state index in [9.17, 15) is 8.42 Å². The Morgan fingerprint density at radius 1 is 0.667 bits per heavy atom. The maximum Gasteiger partial charge on any atom is 0.296 e. The van der Waals surface area contributed by atoms with Crippen LogP contribution in [-0.2, 0) is 14.9 Å². The van der Waals surface area contributed by atoms with Crippen molar-refractivity contribution >= 4 is 22.6 Å². The van der Waals surface area contributed by atoms with Gasteiger partial charge in [-0.1, -0.05) is 48.5 Å². The third-order valence-corrected chi connectivity index (χ3v) is 3.64. The standard InChI is InChI=1S/C6H7NO3S.2C6H6O.CH2O/c7-5-3-1-2-4-6(5)11(8,9)10;2*7-6-4-2-1-3-5-6;1-2/h1-4H,7H2,(H,8,9,10);2*1-5,7H;1H2. The summed E-state index contributed by atoms with van der Waals surface area (Å²) >= 11 is 0. The van der Waals surface area contributed by atoms with Crippen LogP contribution in [0.2, 0.25) is 0 Å². The van der Waals surface area contributed by atoms with E-state index in [1.807, 2.05) is 18.9 Å². The summed E-state index contributed by atoms with van der Waals surface area (Å²) in [5.74, 6) is 0.644. The molecule has 0 atom stereocenters. The first-order chi connectivity index (χ1) is 12.8. The van der Waals surface area contributed by atoms with Gasteiger partial charge in [0.2, 0.25) is 0 Å². The zero-order valence-corrected chi connectivity index (χ0v) is 15.2. The van der Waals surface area contributed by atoms with E-state index >= 15 is 0 Å². The lowest BCUT2D eigenvalue weighted by Crippen LogP contribution is -2.01. The van der Waals surface area contributed by atoms with Crippen LogP contribution in [0.1, 0.15) is 0 Å². The van der Waals surface area contributed by atoms with Gasteiger partial charge in [0, 0.05) is 0 Å². The van der Waals surface area contributed by atoms with Crippen molar-refractivity contribution in [2.45, 2.75) is 4.90 Å². The number of phenols is 2. The second kappa shape index (κ2) is 12.9. The lowest BCUT2D eigenvalue weighted by molar-refractivity contribution is -0.0980. The number of nitrogens with two attached hydrogens (primary N) is 1. The number of phenolic OH excluding ortho intramolecular Hbond substituents is 2. The molecule has 0 aliphatic heterocycles. The van der Waals surface area contributed by atoms with Crippen molar-refractivity contribution in [3.05, 3.63) is 84.9 Å². The summed E-state index contributed by atoms with van der Waals surface area (Å²) < 4.78 is 29.6. The van der Waals surface area contributed by atoms with E-state index in [1.54, 1.807) is 54.6 Å². The van der Waals surface area contributed by atoms with Crippen LogP contribution in [0.3, 0.4) is 0 Å². The fraction of sp³-hybridized carbons (Fsp3) is 0. The van der Waals surface area contributed by atoms with Crippen molar-refractivity contribution in [3.8, 4) is 11.5 Å². The van der Waals surface area contributed by atoms with Crippen LogP contribution in [0.25, 0.3) is 0 Å². The average molecular weight is 391 g/mol. The Morgan fingerprint density at radius 2 is 1.00 bits per heavy atom. The molecule has 0 radical (unpaired) electrons. The Hall–Kier alpha value is -3.36. The molecule has 0 unspecified atom stereocenters. The number of anilines is 1. The molecule has 0 bridgehead atoms. The fourth-order valence-corrected chi connectivity index (χ4v) is 2.19. The molecule has 0 spiro atoms. The largest absolute Gasteiger partial charge is 0.508 e. The summed E-state index contributed by atoms with van der Waals surface area (Å²) in [4.78, 5) is 7.75. The second-order valence-corrected chi connectivity index (χ2v) is 6.07. The fourth-order valence-electron chi connectivity index (χ4n) is 1.57. The van der Waals surface area contributed by atoms with Crippen molar-refractivity contribution in [3.63, 3.8) is 0 Å². The molecule has 0 heterocycles. The summed E-state index contributed by atoms with van der Waals surface area (Å²) in [5.41, 5.74) is 5.32. The van der Waals surface area contributed by atoms with E-state index in [0.717, 1.165) is 0 Å². The van der Waals surface area contributed by atoms with Gasteiger partial charge in [0.25, 0.3) is 10.1 Å². The van der Waals surface area contributed by atoms with Crippen LogP contribution in [-0.4, -0.2) is 30.0 Å². The molecule has 0 amide bonds. The number of hydrogen-bond donors (Lipinski definition) is 4.